The van der Waals surface area contributed by atoms with Gasteiger partial charge in [-0.05, 0) is 56.7 Å². The predicted octanol–water partition coefficient (Wildman–Crippen LogP) is 3.02. The predicted molar refractivity (Wildman–Crippen MR) is 116 cm³/mol. The van der Waals surface area contributed by atoms with E-state index in [0.717, 1.165) is 0 Å². The highest BCUT2D eigenvalue weighted by Gasteiger charge is 2.18. The molecule has 8 heteroatoms. The van der Waals surface area contributed by atoms with E-state index in [2.05, 4.69) is 15.3 Å². The number of hydrogen-bond donors (Lipinski definition) is 2. The van der Waals surface area contributed by atoms with Crippen LogP contribution in [-0.4, -0.2) is 33.7 Å². The van der Waals surface area contributed by atoms with Crippen LogP contribution in [0.15, 0.2) is 53.3 Å². The summed E-state index contributed by atoms with van der Waals surface area (Å²) < 4.78 is 5.18. The van der Waals surface area contributed by atoms with Crippen molar-refractivity contribution in [1.29, 1.82) is 0 Å². The minimum absolute atomic E-state index is 0.0665. The Hall–Kier alpha value is -3.81. The SMILES string of the molecule is CC(=O)c1ccc(NC(=O)[C@H](C)OC(=O)CCCc2nc3ccccc3c(=O)[nH]2)cc1. The average Bonchev–Trinajstić information content (AvgIpc) is 2.74. The molecule has 0 saturated carbocycles. The van der Waals surface area contributed by atoms with Crippen LogP contribution in [0.4, 0.5) is 5.69 Å². The van der Waals surface area contributed by atoms with Gasteiger partial charge in [-0.3, -0.25) is 19.2 Å². The monoisotopic (exact) mass is 421 g/mol. The van der Waals surface area contributed by atoms with Crippen LogP contribution < -0.4 is 10.9 Å². The maximum Gasteiger partial charge on any atom is 0.306 e. The third-order valence-corrected chi connectivity index (χ3v) is 4.69. The molecular formula is C23H23N3O5. The van der Waals surface area contributed by atoms with Gasteiger partial charge in [-0.1, -0.05) is 12.1 Å². The molecule has 1 heterocycles. The van der Waals surface area contributed by atoms with Gasteiger partial charge in [-0.2, -0.15) is 0 Å². The first kappa shape index (κ1) is 21.9. The smallest absolute Gasteiger partial charge is 0.306 e. The van der Waals surface area contributed by atoms with Gasteiger partial charge in [0, 0.05) is 24.1 Å². The van der Waals surface area contributed by atoms with Crippen molar-refractivity contribution in [2.45, 2.75) is 39.2 Å². The number of esters is 1. The Kier molecular flexibility index (Phi) is 6.92. The number of rotatable bonds is 8. The molecule has 3 rings (SSSR count). The summed E-state index contributed by atoms with van der Waals surface area (Å²) in [5.74, 6) is -0.554. The number of aromatic amines is 1. The Bertz CT molecular complexity index is 1170. The summed E-state index contributed by atoms with van der Waals surface area (Å²) in [4.78, 5) is 54.8. The molecule has 2 aromatic carbocycles. The second-order valence-corrected chi connectivity index (χ2v) is 7.14. The normalized spacial score (nSPS) is 11.7. The van der Waals surface area contributed by atoms with Crippen molar-refractivity contribution < 1.29 is 19.1 Å². The molecular weight excluding hydrogens is 398 g/mol. The number of carbonyl (C=O) groups excluding carboxylic acids is 3. The molecule has 0 unspecified atom stereocenters. The number of hydrogen-bond acceptors (Lipinski definition) is 6. The lowest BCUT2D eigenvalue weighted by Gasteiger charge is -2.13. The third-order valence-electron chi connectivity index (χ3n) is 4.69. The number of nitrogens with one attached hydrogen (secondary N) is 2. The quantitative estimate of drug-likeness (QED) is 0.426. The molecule has 0 aliphatic rings. The van der Waals surface area contributed by atoms with Crippen molar-refractivity contribution in [3.63, 3.8) is 0 Å². The first-order chi connectivity index (χ1) is 14.8. The number of aryl methyl sites for hydroxylation is 1. The fourth-order valence-corrected chi connectivity index (χ4v) is 3.00. The van der Waals surface area contributed by atoms with Crippen molar-refractivity contribution in [3.8, 4) is 0 Å². The van der Waals surface area contributed by atoms with Crippen molar-refractivity contribution in [3.05, 3.63) is 70.3 Å². The summed E-state index contributed by atoms with van der Waals surface area (Å²) in [5.41, 5.74) is 1.43. The molecule has 3 aromatic rings. The summed E-state index contributed by atoms with van der Waals surface area (Å²) in [5, 5.41) is 3.16. The fourth-order valence-electron chi connectivity index (χ4n) is 3.00. The largest absolute Gasteiger partial charge is 0.453 e. The molecule has 0 saturated heterocycles. The van der Waals surface area contributed by atoms with E-state index in [0.29, 0.717) is 40.8 Å². The number of benzene rings is 2. The molecule has 1 atom stereocenters. The standard InChI is InChI=1S/C23H23N3O5/c1-14(27)16-10-12-17(13-11-16)24-22(29)15(2)31-21(28)9-5-8-20-25-19-7-4-3-6-18(19)23(30)26-20/h3-4,6-7,10-13,15H,5,8-9H2,1-2H3,(H,24,29)(H,25,26,30)/t15-/m0/s1. The number of anilines is 1. The Morgan fingerprint density at radius 2 is 1.81 bits per heavy atom. The molecule has 0 bridgehead atoms. The minimum atomic E-state index is -0.974. The summed E-state index contributed by atoms with van der Waals surface area (Å²) in [6, 6.07) is 13.5. The topological polar surface area (TPSA) is 118 Å². The van der Waals surface area contributed by atoms with Crippen LogP contribution >= 0.6 is 0 Å². The number of fused-ring (bicyclic) bond motifs is 1. The van der Waals surface area contributed by atoms with Gasteiger partial charge >= 0.3 is 5.97 Å². The van der Waals surface area contributed by atoms with E-state index in [4.69, 9.17) is 4.74 Å². The Morgan fingerprint density at radius 3 is 2.52 bits per heavy atom. The highest BCUT2D eigenvalue weighted by Crippen LogP contribution is 2.12. The number of aromatic nitrogens is 2. The van der Waals surface area contributed by atoms with Crippen LogP contribution in [-0.2, 0) is 20.7 Å². The van der Waals surface area contributed by atoms with Gasteiger partial charge in [-0.25, -0.2) is 4.98 Å². The second kappa shape index (κ2) is 9.80. The molecule has 0 aliphatic heterocycles. The first-order valence-electron chi connectivity index (χ1n) is 9.93. The molecule has 2 N–H and O–H groups in total. The number of nitrogens with zero attached hydrogens (tertiary/aromatic N) is 1. The molecule has 31 heavy (non-hydrogen) atoms. The van der Waals surface area contributed by atoms with Crippen molar-refractivity contribution in [2.75, 3.05) is 5.32 Å². The van der Waals surface area contributed by atoms with Crippen LogP contribution in [0.25, 0.3) is 10.9 Å². The van der Waals surface area contributed by atoms with E-state index in [1.54, 1.807) is 48.5 Å². The van der Waals surface area contributed by atoms with Crippen LogP contribution in [0, 0.1) is 0 Å². The lowest BCUT2D eigenvalue weighted by Crippen LogP contribution is -2.30. The maximum atomic E-state index is 12.2. The van der Waals surface area contributed by atoms with Crippen LogP contribution in [0.3, 0.4) is 0 Å². The van der Waals surface area contributed by atoms with E-state index < -0.39 is 18.0 Å². The van der Waals surface area contributed by atoms with Gasteiger partial charge in [0.25, 0.3) is 11.5 Å². The number of H-pyrrole nitrogens is 1. The molecule has 0 spiro atoms. The Labute approximate surface area is 178 Å². The van der Waals surface area contributed by atoms with Crippen molar-refractivity contribution >= 4 is 34.3 Å². The van der Waals surface area contributed by atoms with E-state index in [-0.39, 0.29) is 17.8 Å². The molecule has 8 nitrogen and oxygen atoms in total. The minimum Gasteiger partial charge on any atom is -0.453 e. The number of ether oxygens (including phenoxy) is 1. The van der Waals surface area contributed by atoms with Gasteiger partial charge in [-0.15, -0.1) is 0 Å². The zero-order valence-corrected chi connectivity index (χ0v) is 17.3. The van der Waals surface area contributed by atoms with Gasteiger partial charge in [0.15, 0.2) is 11.9 Å². The maximum absolute atomic E-state index is 12.2. The fraction of sp³-hybridized carbons (Fsp3) is 0.261. The van der Waals surface area contributed by atoms with E-state index in [1.807, 2.05) is 0 Å². The molecule has 1 amide bonds. The molecule has 160 valence electrons. The van der Waals surface area contributed by atoms with Gasteiger partial charge in [0.05, 0.1) is 10.9 Å². The highest BCUT2D eigenvalue weighted by molar-refractivity contribution is 5.97. The van der Waals surface area contributed by atoms with E-state index >= 15 is 0 Å². The third kappa shape index (κ3) is 5.85. The summed E-state index contributed by atoms with van der Waals surface area (Å²) in [6.45, 7) is 2.95. The summed E-state index contributed by atoms with van der Waals surface area (Å²) in [6.07, 6.45) is -0.0701. The first-order valence-corrected chi connectivity index (χ1v) is 9.93. The Balaban J connectivity index is 1.47. The number of carbonyl (C=O) groups is 3. The van der Waals surface area contributed by atoms with Gasteiger partial charge in [0.2, 0.25) is 0 Å². The van der Waals surface area contributed by atoms with Gasteiger partial charge < -0.3 is 15.0 Å². The number of para-hydroxylation sites is 1. The second-order valence-electron chi connectivity index (χ2n) is 7.14. The number of Topliss-reactive ketones (excluding diaryl/α,β-unsaturated/α-hetero) is 1. The lowest BCUT2D eigenvalue weighted by atomic mass is 10.1. The van der Waals surface area contributed by atoms with Crippen molar-refractivity contribution in [1.82, 2.24) is 9.97 Å². The van der Waals surface area contributed by atoms with Crippen LogP contribution in [0.5, 0.6) is 0 Å². The summed E-state index contributed by atoms with van der Waals surface area (Å²) in [7, 11) is 0. The molecule has 0 fully saturated rings. The summed E-state index contributed by atoms with van der Waals surface area (Å²) >= 11 is 0. The van der Waals surface area contributed by atoms with Gasteiger partial charge in [0.1, 0.15) is 5.82 Å². The zero-order valence-electron chi connectivity index (χ0n) is 17.3. The molecule has 0 radical (unpaired) electrons. The number of amides is 1. The molecule has 0 aliphatic carbocycles. The average molecular weight is 421 g/mol. The number of ketones is 1. The Morgan fingerprint density at radius 1 is 1.10 bits per heavy atom. The lowest BCUT2D eigenvalue weighted by molar-refractivity contribution is -0.153. The van der Waals surface area contributed by atoms with E-state index in [1.165, 1.54) is 13.8 Å². The van der Waals surface area contributed by atoms with Crippen LogP contribution in [0.2, 0.25) is 0 Å². The zero-order chi connectivity index (χ0) is 22.4. The van der Waals surface area contributed by atoms with Crippen LogP contribution in [0.1, 0.15) is 42.9 Å². The molecule has 1 aromatic heterocycles. The van der Waals surface area contributed by atoms with Crippen molar-refractivity contribution in [2.24, 2.45) is 0 Å². The highest BCUT2D eigenvalue weighted by atomic mass is 16.5. The van der Waals surface area contributed by atoms with E-state index in [9.17, 15) is 19.2 Å².